The summed E-state index contributed by atoms with van der Waals surface area (Å²) < 4.78 is 0. The Morgan fingerprint density at radius 3 is 2.71 bits per heavy atom. The molecule has 0 saturated carbocycles. The van der Waals surface area contributed by atoms with Crippen molar-refractivity contribution in [2.45, 2.75) is 19.3 Å². The number of hydrogen-bond acceptors (Lipinski definition) is 5. The maximum absolute atomic E-state index is 11.6. The summed E-state index contributed by atoms with van der Waals surface area (Å²) >= 11 is 5.96. The number of fused-ring (bicyclic) bond motifs is 1. The van der Waals surface area contributed by atoms with E-state index >= 15 is 0 Å². The van der Waals surface area contributed by atoms with Crippen LogP contribution in [0.1, 0.15) is 19.3 Å². The van der Waals surface area contributed by atoms with E-state index in [1.165, 1.54) is 5.48 Å². The molecule has 0 aliphatic carbocycles. The average molecular weight is 351 g/mol. The molecule has 2 rings (SSSR count). The number of carbonyl (C=O) groups excluding carboxylic acids is 2. The largest absolute Gasteiger partial charge is 0.383 e. The Kier molecular flexibility index (Phi) is 6.77. The van der Waals surface area contributed by atoms with Crippen molar-refractivity contribution < 1.29 is 14.8 Å². The third kappa shape index (κ3) is 5.36. The van der Waals surface area contributed by atoms with E-state index in [9.17, 15) is 9.59 Å². The molecule has 2 aromatic rings. The van der Waals surface area contributed by atoms with Crippen molar-refractivity contribution in [1.29, 1.82) is 0 Å². The topological polar surface area (TPSA) is 103 Å². The van der Waals surface area contributed by atoms with E-state index in [0.717, 1.165) is 16.6 Å². The first-order valence-corrected chi connectivity index (χ1v) is 7.95. The van der Waals surface area contributed by atoms with Gasteiger partial charge in [0.05, 0.1) is 5.52 Å². The SMILES string of the molecule is O=C(CCCC(=O)NCCNc1ccnc2cc(Cl)ccc12)NO. The lowest BCUT2D eigenvalue weighted by Gasteiger charge is -2.10. The van der Waals surface area contributed by atoms with Gasteiger partial charge >= 0.3 is 0 Å². The standard InChI is InChI=1S/C16H19ClN4O3/c17-11-4-5-12-13(6-7-18-14(12)10-11)19-8-9-20-15(22)2-1-3-16(23)21-24/h4-7,10,24H,1-3,8-9H2,(H,18,19)(H,20,22)(H,21,23). The number of hydroxylamine groups is 1. The highest BCUT2D eigenvalue weighted by Crippen LogP contribution is 2.23. The average Bonchev–Trinajstić information content (AvgIpc) is 2.58. The summed E-state index contributed by atoms with van der Waals surface area (Å²) in [5, 5.41) is 16.0. The second-order valence-corrected chi connectivity index (χ2v) is 5.62. The lowest BCUT2D eigenvalue weighted by Crippen LogP contribution is -2.29. The predicted molar refractivity (Wildman–Crippen MR) is 92.0 cm³/mol. The lowest BCUT2D eigenvalue weighted by atomic mass is 10.2. The Morgan fingerprint density at radius 2 is 1.92 bits per heavy atom. The zero-order chi connectivity index (χ0) is 17.4. The normalized spacial score (nSPS) is 10.4. The fraction of sp³-hybridized carbons (Fsp3) is 0.312. The molecule has 1 heterocycles. The van der Waals surface area contributed by atoms with E-state index in [1.807, 2.05) is 12.1 Å². The quantitative estimate of drug-likeness (QED) is 0.331. The number of aromatic nitrogens is 1. The molecule has 1 aromatic heterocycles. The number of halogens is 1. The molecule has 24 heavy (non-hydrogen) atoms. The third-order valence-electron chi connectivity index (χ3n) is 3.40. The second-order valence-electron chi connectivity index (χ2n) is 5.19. The van der Waals surface area contributed by atoms with E-state index in [2.05, 4.69) is 15.6 Å². The number of nitrogens with zero attached hydrogens (tertiary/aromatic N) is 1. The lowest BCUT2D eigenvalue weighted by molar-refractivity contribution is -0.129. The molecule has 0 fully saturated rings. The Bertz CT molecular complexity index is 724. The molecule has 7 nitrogen and oxygen atoms in total. The van der Waals surface area contributed by atoms with Crippen LogP contribution in [0, 0.1) is 0 Å². The van der Waals surface area contributed by atoms with Crippen LogP contribution in [0.15, 0.2) is 30.5 Å². The number of rotatable bonds is 8. The smallest absolute Gasteiger partial charge is 0.243 e. The van der Waals surface area contributed by atoms with Gasteiger partial charge in [0, 0.05) is 48.2 Å². The van der Waals surface area contributed by atoms with Gasteiger partial charge in [-0.2, -0.15) is 0 Å². The first-order valence-electron chi connectivity index (χ1n) is 7.58. The van der Waals surface area contributed by atoms with Crippen molar-refractivity contribution >= 4 is 40.0 Å². The Balaban J connectivity index is 1.75. The summed E-state index contributed by atoms with van der Waals surface area (Å²) in [6.45, 7) is 1.02. The van der Waals surface area contributed by atoms with Gasteiger partial charge in [0.15, 0.2) is 0 Å². The van der Waals surface area contributed by atoms with Gasteiger partial charge in [0.2, 0.25) is 11.8 Å². The fourth-order valence-corrected chi connectivity index (χ4v) is 2.39. The zero-order valence-electron chi connectivity index (χ0n) is 13.0. The molecule has 0 spiro atoms. The van der Waals surface area contributed by atoms with Crippen molar-refractivity contribution in [2.24, 2.45) is 0 Å². The number of pyridine rings is 1. The predicted octanol–water partition coefficient (Wildman–Crippen LogP) is 2.09. The minimum Gasteiger partial charge on any atom is -0.383 e. The van der Waals surface area contributed by atoms with Crippen LogP contribution in [0.25, 0.3) is 10.9 Å². The first-order chi connectivity index (χ1) is 11.6. The number of anilines is 1. The van der Waals surface area contributed by atoms with Crippen molar-refractivity contribution in [2.75, 3.05) is 18.4 Å². The summed E-state index contributed by atoms with van der Waals surface area (Å²) in [7, 11) is 0. The van der Waals surface area contributed by atoms with E-state index in [4.69, 9.17) is 16.8 Å². The van der Waals surface area contributed by atoms with Crippen molar-refractivity contribution in [3.05, 3.63) is 35.5 Å². The minimum absolute atomic E-state index is 0.119. The first kappa shape index (κ1) is 18.0. The molecule has 0 unspecified atom stereocenters. The summed E-state index contributed by atoms with van der Waals surface area (Å²) in [5.74, 6) is -0.622. The van der Waals surface area contributed by atoms with Gasteiger partial charge in [-0.3, -0.25) is 19.8 Å². The van der Waals surface area contributed by atoms with Crippen molar-refractivity contribution in [3.8, 4) is 0 Å². The maximum Gasteiger partial charge on any atom is 0.243 e. The number of hydrogen-bond donors (Lipinski definition) is 4. The van der Waals surface area contributed by atoms with Crippen LogP contribution in [0.3, 0.4) is 0 Å². The zero-order valence-corrected chi connectivity index (χ0v) is 13.8. The highest BCUT2D eigenvalue weighted by molar-refractivity contribution is 6.31. The van der Waals surface area contributed by atoms with Gasteiger partial charge in [-0.25, -0.2) is 5.48 Å². The van der Waals surface area contributed by atoms with Crippen LogP contribution in [0.4, 0.5) is 5.69 Å². The van der Waals surface area contributed by atoms with Crippen LogP contribution in [-0.4, -0.2) is 35.1 Å². The van der Waals surface area contributed by atoms with Crippen molar-refractivity contribution in [3.63, 3.8) is 0 Å². The molecule has 4 N–H and O–H groups in total. The van der Waals surface area contributed by atoms with E-state index in [-0.39, 0.29) is 18.7 Å². The van der Waals surface area contributed by atoms with Crippen LogP contribution in [-0.2, 0) is 9.59 Å². The van der Waals surface area contributed by atoms with Crippen LogP contribution in [0.2, 0.25) is 5.02 Å². The highest BCUT2D eigenvalue weighted by Gasteiger charge is 2.05. The number of amides is 2. The van der Waals surface area contributed by atoms with Crippen LogP contribution >= 0.6 is 11.6 Å². The Labute approximate surface area is 144 Å². The Hall–Kier alpha value is -2.38. The number of nitrogens with one attached hydrogen (secondary N) is 3. The molecule has 1 aromatic carbocycles. The second kappa shape index (κ2) is 9.05. The molecule has 8 heteroatoms. The van der Waals surface area contributed by atoms with E-state index < -0.39 is 5.91 Å². The third-order valence-corrected chi connectivity index (χ3v) is 3.63. The van der Waals surface area contributed by atoms with Gasteiger partial charge in [-0.15, -0.1) is 0 Å². The minimum atomic E-state index is -0.492. The molecule has 0 aliphatic rings. The molecule has 128 valence electrons. The molecule has 0 bridgehead atoms. The van der Waals surface area contributed by atoms with Crippen LogP contribution in [0.5, 0.6) is 0 Å². The van der Waals surface area contributed by atoms with Gasteiger partial charge in [-0.1, -0.05) is 11.6 Å². The van der Waals surface area contributed by atoms with E-state index in [1.54, 1.807) is 18.3 Å². The number of benzene rings is 1. The highest BCUT2D eigenvalue weighted by atomic mass is 35.5. The fourth-order valence-electron chi connectivity index (χ4n) is 2.23. The molecular formula is C16H19ClN4O3. The van der Waals surface area contributed by atoms with Gasteiger partial charge in [0.1, 0.15) is 0 Å². The summed E-state index contributed by atoms with van der Waals surface area (Å²) in [4.78, 5) is 26.7. The molecular weight excluding hydrogens is 332 g/mol. The summed E-state index contributed by atoms with van der Waals surface area (Å²) in [5.41, 5.74) is 3.26. The van der Waals surface area contributed by atoms with Crippen LogP contribution < -0.4 is 16.1 Å². The number of carbonyl (C=O) groups is 2. The Morgan fingerprint density at radius 1 is 1.12 bits per heavy atom. The maximum atomic E-state index is 11.6. The molecule has 0 radical (unpaired) electrons. The molecule has 0 saturated heterocycles. The summed E-state index contributed by atoms with van der Waals surface area (Å²) in [6, 6.07) is 7.37. The molecule has 2 amide bonds. The van der Waals surface area contributed by atoms with E-state index in [0.29, 0.717) is 24.5 Å². The monoisotopic (exact) mass is 350 g/mol. The molecule has 0 aliphatic heterocycles. The van der Waals surface area contributed by atoms with Gasteiger partial charge in [-0.05, 0) is 30.7 Å². The van der Waals surface area contributed by atoms with Crippen molar-refractivity contribution in [1.82, 2.24) is 15.8 Å². The van der Waals surface area contributed by atoms with Gasteiger partial charge in [0.25, 0.3) is 0 Å². The molecule has 0 atom stereocenters. The van der Waals surface area contributed by atoms with Gasteiger partial charge < -0.3 is 10.6 Å². The summed E-state index contributed by atoms with van der Waals surface area (Å²) in [6.07, 6.45) is 2.45.